The zero-order chi connectivity index (χ0) is 35.5. The fourth-order valence-corrected chi connectivity index (χ4v) is 6.23. The first-order valence-electron chi connectivity index (χ1n) is 17.3. The molecule has 5 atom stereocenters. The zero-order valence-electron chi connectivity index (χ0n) is 28.8. The largest absolute Gasteiger partial charge is 0.481 e. The number of unbranched alkanes of at least 4 members (excludes halogenated alkanes) is 1. The Bertz CT molecular complexity index is 1660. The number of aliphatic hydroxyl groups is 2. The molecule has 0 radical (unpaired) electrons. The second-order valence-electron chi connectivity index (χ2n) is 13.1. The number of rotatable bonds is 16. The molecular weight excluding hydrogens is 632 g/mol. The van der Waals surface area contributed by atoms with Gasteiger partial charge in [0.1, 0.15) is 0 Å². The topological polar surface area (TPSA) is 129 Å². The number of benzene rings is 4. The van der Waals surface area contributed by atoms with Gasteiger partial charge in [-0.2, -0.15) is 0 Å². The number of amides is 1. The summed E-state index contributed by atoms with van der Waals surface area (Å²) in [5.41, 5.74) is 6.62. The third-order valence-electron chi connectivity index (χ3n) is 9.38. The SMILES string of the molecule is CC(C(O)c1ccccc1)N(C)CC1CC(c2ccc(CO)cc2)OC(c2ccc(-c3cccc(CNC(=O)CCCCC(=O)O)c3)cc2)O1. The maximum atomic E-state index is 12.2. The van der Waals surface area contributed by atoms with E-state index < -0.39 is 18.4 Å². The highest BCUT2D eigenvalue weighted by molar-refractivity contribution is 5.76. The van der Waals surface area contributed by atoms with Gasteiger partial charge in [-0.15, -0.1) is 0 Å². The van der Waals surface area contributed by atoms with Crippen LogP contribution in [0.1, 0.15) is 85.3 Å². The van der Waals surface area contributed by atoms with Crippen LogP contribution in [-0.4, -0.2) is 57.8 Å². The average molecular weight is 681 g/mol. The monoisotopic (exact) mass is 680 g/mol. The van der Waals surface area contributed by atoms with Gasteiger partial charge in [0.15, 0.2) is 6.29 Å². The van der Waals surface area contributed by atoms with Crippen molar-refractivity contribution in [2.45, 2.75) is 82.8 Å². The van der Waals surface area contributed by atoms with Crippen LogP contribution >= 0.6 is 0 Å². The summed E-state index contributed by atoms with van der Waals surface area (Å²) in [6.07, 6.45) is 0.403. The lowest BCUT2D eigenvalue weighted by atomic mass is 9.98. The minimum atomic E-state index is -0.846. The van der Waals surface area contributed by atoms with Gasteiger partial charge in [-0.1, -0.05) is 97.1 Å². The molecule has 0 saturated carbocycles. The number of hydrogen-bond donors (Lipinski definition) is 4. The van der Waals surface area contributed by atoms with E-state index in [0.717, 1.165) is 38.9 Å². The van der Waals surface area contributed by atoms with Crippen molar-refractivity contribution in [1.82, 2.24) is 10.2 Å². The normalized spacial score (nSPS) is 18.8. The molecule has 4 N–H and O–H groups in total. The number of nitrogens with zero attached hydrogens (tertiary/aromatic N) is 1. The molecule has 0 bridgehead atoms. The Morgan fingerprint density at radius 2 is 1.54 bits per heavy atom. The highest BCUT2D eigenvalue weighted by Gasteiger charge is 2.34. The first kappa shape index (κ1) is 36.9. The third-order valence-corrected chi connectivity index (χ3v) is 9.38. The van der Waals surface area contributed by atoms with Crippen molar-refractivity contribution in [3.63, 3.8) is 0 Å². The van der Waals surface area contributed by atoms with Crippen molar-refractivity contribution in [2.24, 2.45) is 0 Å². The Morgan fingerprint density at radius 1 is 0.840 bits per heavy atom. The molecule has 50 heavy (non-hydrogen) atoms. The van der Waals surface area contributed by atoms with Gasteiger partial charge >= 0.3 is 5.97 Å². The molecule has 1 saturated heterocycles. The standard InChI is InChI=1S/C41H48N2O7/c1-28(40(48)33-10-4-3-5-11-33)43(2)26-36-24-37(32-17-15-29(27-44)16-18-32)50-41(49-36)34-21-19-31(20-22-34)35-12-8-9-30(23-35)25-42-38(45)13-6-7-14-39(46)47/h3-5,8-12,15-23,28,36-37,40-41,44,48H,6-7,13-14,24-27H2,1-2H3,(H,42,45)(H,46,47). The lowest BCUT2D eigenvalue weighted by Gasteiger charge is -2.39. The number of carboxylic acids is 1. The van der Waals surface area contributed by atoms with Crippen molar-refractivity contribution in [3.8, 4) is 11.1 Å². The molecule has 1 fully saturated rings. The quantitative estimate of drug-likeness (QED) is 0.0963. The van der Waals surface area contributed by atoms with E-state index in [1.807, 2.05) is 111 Å². The minimum absolute atomic E-state index is 0.0212. The smallest absolute Gasteiger partial charge is 0.303 e. The van der Waals surface area contributed by atoms with Crippen LogP contribution in [0.25, 0.3) is 11.1 Å². The Labute approximate surface area is 294 Å². The van der Waals surface area contributed by atoms with Crippen molar-refractivity contribution < 1.29 is 34.4 Å². The number of carbonyl (C=O) groups excluding carboxylic acids is 1. The van der Waals surface area contributed by atoms with E-state index in [0.29, 0.717) is 38.8 Å². The molecular formula is C41H48N2O7. The van der Waals surface area contributed by atoms with Crippen LogP contribution < -0.4 is 5.32 Å². The van der Waals surface area contributed by atoms with Gasteiger partial charge in [-0.3, -0.25) is 14.5 Å². The van der Waals surface area contributed by atoms with E-state index >= 15 is 0 Å². The third kappa shape index (κ3) is 10.3. The molecule has 1 amide bonds. The zero-order valence-corrected chi connectivity index (χ0v) is 28.8. The maximum Gasteiger partial charge on any atom is 0.303 e. The summed E-state index contributed by atoms with van der Waals surface area (Å²) in [6.45, 7) is 2.99. The van der Waals surface area contributed by atoms with Gasteiger partial charge in [0.05, 0.1) is 24.9 Å². The lowest BCUT2D eigenvalue weighted by molar-refractivity contribution is -0.253. The molecule has 1 aliphatic rings. The van der Waals surface area contributed by atoms with E-state index in [1.54, 1.807) is 0 Å². The number of hydrogen-bond acceptors (Lipinski definition) is 7. The summed E-state index contributed by atoms with van der Waals surface area (Å²) < 4.78 is 13.2. The second kappa shape index (κ2) is 18.0. The van der Waals surface area contributed by atoms with Gasteiger partial charge in [0.25, 0.3) is 0 Å². The van der Waals surface area contributed by atoms with Gasteiger partial charge in [-0.25, -0.2) is 0 Å². The molecule has 5 rings (SSSR count). The number of likely N-dealkylation sites (N-methyl/N-ethyl adjacent to an activating group) is 1. The van der Waals surface area contributed by atoms with E-state index in [-0.39, 0.29) is 37.2 Å². The number of carbonyl (C=O) groups is 2. The van der Waals surface area contributed by atoms with Crippen molar-refractivity contribution in [1.29, 1.82) is 0 Å². The maximum absolute atomic E-state index is 12.2. The predicted molar refractivity (Wildman–Crippen MR) is 192 cm³/mol. The second-order valence-corrected chi connectivity index (χ2v) is 13.1. The molecule has 0 spiro atoms. The minimum Gasteiger partial charge on any atom is -0.481 e. The van der Waals surface area contributed by atoms with Crippen molar-refractivity contribution >= 4 is 11.9 Å². The summed E-state index contributed by atoms with van der Waals surface area (Å²) in [7, 11) is 2.01. The predicted octanol–water partition coefficient (Wildman–Crippen LogP) is 6.71. The van der Waals surface area contributed by atoms with Crippen LogP contribution in [0.4, 0.5) is 0 Å². The van der Waals surface area contributed by atoms with Crippen LogP contribution in [-0.2, 0) is 32.2 Å². The Balaban J connectivity index is 1.26. The van der Waals surface area contributed by atoms with E-state index in [4.69, 9.17) is 14.6 Å². The highest BCUT2D eigenvalue weighted by atomic mass is 16.7. The molecule has 4 aromatic rings. The number of aliphatic hydroxyl groups excluding tert-OH is 2. The molecule has 1 aliphatic heterocycles. The first-order chi connectivity index (χ1) is 24.2. The van der Waals surface area contributed by atoms with E-state index in [1.165, 1.54) is 0 Å². The molecule has 264 valence electrons. The summed E-state index contributed by atoms with van der Waals surface area (Å²) >= 11 is 0. The molecule has 4 aromatic carbocycles. The number of aliphatic carboxylic acids is 1. The summed E-state index contributed by atoms with van der Waals surface area (Å²) in [4.78, 5) is 25.1. The Morgan fingerprint density at radius 3 is 2.24 bits per heavy atom. The number of ether oxygens (including phenoxy) is 2. The molecule has 9 heteroatoms. The van der Waals surface area contributed by atoms with Gasteiger partial charge in [-0.05, 0) is 66.3 Å². The molecule has 1 heterocycles. The highest BCUT2D eigenvalue weighted by Crippen LogP contribution is 2.39. The molecule has 0 aliphatic carbocycles. The number of nitrogens with one attached hydrogen (secondary N) is 1. The molecule has 0 aromatic heterocycles. The molecule has 5 unspecified atom stereocenters. The lowest BCUT2D eigenvalue weighted by Crippen LogP contribution is -2.43. The van der Waals surface area contributed by atoms with E-state index in [9.17, 15) is 19.8 Å². The average Bonchev–Trinajstić information content (AvgIpc) is 3.15. The fraction of sp³-hybridized carbons (Fsp3) is 0.366. The first-order valence-corrected chi connectivity index (χ1v) is 17.3. The van der Waals surface area contributed by atoms with Crippen LogP contribution in [0.2, 0.25) is 0 Å². The van der Waals surface area contributed by atoms with E-state index in [2.05, 4.69) is 16.3 Å². The Kier molecular flexibility index (Phi) is 13.3. The fourth-order valence-electron chi connectivity index (χ4n) is 6.23. The van der Waals surface area contributed by atoms with Crippen LogP contribution in [0, 0.1) is 0 Å². The van der Waals surface area contributed by atoms with Gasteiger partial charge in [0, 0.05) is 44.0 Å². The van der Waals surface area contributed by atoms with Gasteiger partial charge < -0.3 is 30.1 Å². The van der Waals surface area contributed by atoms with Crippen LogP contribution in [0.15, 0.2) is 103 Å². The summed E-state index contributed by atoms with van der Waals surface area (Å²) in [5.74, 6) is -0.937. The summed E-state index contributed by atoms with van der Waals surface area (Å²) in [5, 5.41) is 32.3. The van der Waals surface area contributed by atoms with Crippen molar-refractivity contribution in [3.05, 3.63) is 131 Å². The van der Waals surface area contributed by atoms with Crippen molar-refractivity contribution in [2.75, 3.05) is 13.6 Å². The number of carboxylic acid groups (broad SMARTS) is 1. The summed E-state index contributed by atoms with van der Waals surface area (Å²) in [6, 6.07) is 33.5. The van der Waals surface area contributed by atoms with Gasteiger partial charge in [0.2, 0.25) is 5.91 Å². The van der Waals surface area contributed by atoms with Crippen LogP contribution in [0.3, 0.4) is 0 Å². The molecule has 9 nitrogen and oxygen atoms in total. The Hall–Kier alpha value is -4.38. The van der Waals surface area contributed by atoms with Crippen LogP contribution in [0.5, 0.6) is 0 Å².